The second-order valence-electron chi connectivity index (χ2n) is 3.47. The van der Waals surface area contributed by atoms with E-state index in [1.54, 1.807) is 12.3 Å². The summed E-state index contributed by atoms with van der Waals surface area (Å²) >= 11 is 0. The van der Waals surface area contributed by atoms with E-state index in [0.29, 0.717) is 5.82 Å². The van der Waals surface area contributed by atoms with E-state index in [9.17, 15) is 0 Å². The van der Waals surface area contributed by atoms with Gasteiger partial charge < -0.3 is 10.2 Å². The van der Waals surface area contributed by atoms with Crippen molar-refractivity contribution in [1.29, 1.82) is 0 Å². The molecule has 0 spiro atoms. The highest BCUT2D eigenvalue weighted by Crippen LogP contribution is 2.28. The number of fused-ring (bicyclic) bond motifs is 1. The minimum atomic E-state index is 0.452. The highest BCUT2D eigenvalue weighted by Gasteiger charge is 2.07. The SMILES string of the molecule is Nc1cc(-c2cccc3ccoc23)ncn1. The van der Waals surface area contributed by atoms with Gasteiger partial charge in [0.25, 0.3) is 0 Å². The number of nitrogen functional groups attached to an aromatic ring is 1. The molecule has 0 amide bonds. The predicted molar refractivity (Wildman–Crippen MR) is 61.7 cm³/mol. The fraction of sp³-hybridized carbons (Fsp3) is 0. The first-order valence-electron chi connectivity index (χ1n) is 4.89. The highest BCUT2D eigenvalue weighted by atomic mass is 16.3. The number of hydrogen-bond acceptors (Lipinski definition) is 4. The number of nitrogens with two attached hydrogens (primary N) is 1. The van der Waals surface area contributed by atoms with E-state index in [0.717, 1.165) is 22.2 Å². The van der Waals surface area contributed by atoms with Crippen molar-refractivity contribution in [2.75, 3.05) is 5.73 Å². The van der Waals surface area contributed by atoms with Gasteiger partial charge in [0, 0.05) is 17.0 Å². The maximum atomic E-state index is 5.63. The van der Waals surface area contributed by atoms with Crippen molar-refractivity contribution < 1.29 is 4.42 Å². The van der Waals surface area contributed by atoms with Gasteiger partial charge in [0.1, 0.15) is 17.7 Å². The van der Waals surface area contributed by atoms with E-state index in [1.165, 1.54) is 6.33 Å². The van der Waals surface area contributed by atoms with Crippen LogP contribution in [0.3, 0.4) is 0 Å². The number of benzene rings is 1. The van der Waals surface area contributed by atoms with Gasteiger partial charge in [0.15, 0.2) is 0 Å². The van der Waals surface area contributed by atoms with E-state index in [4.69, 9.17) is 10.2 Å². The average molecular weight is 211 g/mol. The van der Waals surface area contributed by atoms with Crippen LogP contribution in [0.1, 0.15) is 0 Å². The topological polar surface area (TPSA) is 64.9 Å². The molecule has 2 heterocycles. The molecule has 2 N–H and O–H groups in total. The number of hydrogen-bond donors (Lipinski definition) is 1. The second kappa shape index (κ2) is 3.34. The normalized spacial score (nSPS) is 10.8. The lowest BCUT2D eigenvalue weighted by Gasteiger charge is -2.01. The molecule has 0 radical (unpaired) electrons. The van der Waals surface area contributed by atoms with Gasteiger partial charge in [-0.1, -0.05) is 12.1 Å². The fourth-order valence-corrected chi connectivity index (χ4v) is 1.71. The van der Waals surface area contributed by atoms with Gasteiger partial charge >= 0.3 is 0 Å². The summed E-state index contributed by atoms with van der Waals surface area (Å²) in [5.74, 6) is 0.452. The standard InChI is InChI=1S/C12H9N3O/c13-11-6-10(14-7-15-11)9-3-1-2-8-4-5-16-12(8)9/h1-7H,(H2,13,14,15). The van der Waals surface area contributed by atoms with E-state index in [-0.39, 0.29) is 0 Å². The van der Waals surface area contributed by atoms with Crippen molar-refractivity contribution in [2.24, 2.45) is 0 Å². The molecular weight excluding hydrogens is 202 g/mol. The molecule has 1 aromatic carbocycles. The Labute approximate surface area is 91.7 Å². The summed E-state index contributed by atoms with van der Waals surface area (Å²) < 4.78 is 5.44. The van der Waals surface area contributed by atoms with Crippen molar-refractivity contribution in [3.05, 3.63) is 42.9 Å². The Morgan fingerprint density at radius 2 is 2.06 bits per heavy atom. The molecule has 0 atom stereocenters. The van der Waals surface area contributed by atoms with Gasteiger partial charge in [-0.15, -0.1) is 0 Å². The average Bonchev–Trinajstić information content (AvgIpc) is 2.76. The highest BCUT2D eigenvalue weighted by molar-refractivity contribution is 5.91. The van der Waals surface area contributed by atoms with Crippen LogP contribution in [0, 0.1) is 0 Å². The largest absolute Gasteiger partial charge is 0.464 e. The van der Waals surface area contributed by atoms with Crippen LogP contribution in [0.25, 0.3) is 22.2 Å². The summed E-state index contributed by atoms with van der Waals surface area (Å²) in [4.78, 5) is 8.06. The summed E-state index contributed by atoms with van der Waals surface area (Å²) in [5, 5.41) is 1.05. The Bertz CT molecular complexity index is 645. The van der Waals surface area contributed by atoms with E-state index >= 15 is 0 Å². The molecule has 0 bridgehead atoms. The number of rotatable bonds is 1. The molecule has 0 aliphatic carbocycles. The molecule has 4 nitrogen and oxygen atoms in total. The summed E-state index contributed by atoms with van der Waals surface area (Å²) in [6.45, 7) is 0. The van der Waals surface area contributed by atoms with Gasteiger partial charge in [-0.05, 0) is 12.1 Å². The van der Waals surface area contributed by atoms with Crippen LogP contribution < -0.4 is 5.73 Å². The number of para-hydroxylation sites is 1. The van der Waals surface area contributed by atoms with E-state index in [2.05, 4.69) is 9.97 Å². The smallest absolute Gasteiger partial charge is 0.143 e. The van der Waals surface area contributed by atoms with Crippen LogP contribution in [-0.4, -0.2) is 9.97 Å². The molecule has 0 unspecified atom stereocenters. The lowest BCUT2D eigenvalue weighted by Crippen LogP contribution is -1.92. The van der Waals surface area contributed by atoms with Gasteiger partial charge in [-0.25, -0.2) is 9.97 Å². The first-order valence-corrected chi connectivity index (χ1v) is 4.89. The molecule has 0 aliphatic rings. The first-order chi connectivity index (χ1) is 7.84. The fourth-order valence-electron chi connectivity index (χ4n) is 1.71. The van der Waals surface area contributed by atoms with Crippen molar-refractivity contribution in [2.45, 2.75) is 0 Å². The summed E-state index contributed by atoms with van der Waals surface area (Å²) in [7, 11) is 0. The molecule has 16 heavy (non-hydrogen) atoms. The molecule has 0 saturated heterocycles. The second-order valence-corrected chi connectivity index (χ2v) is 3.47. The van der Waals surface area contributed by atoms with Crippen LogP contribution in [0.5, 0.6) is 0 Å². The minimum absolute atomic E-state index is 0.452. The van der Waals surface area contributed by atoms with Gasteiger partial charge in [-0.2, -0.15) is 0 Å². The Morgan fingerprint density at radius 1 is 1.12 bits per heavy atom. The zero-order valence-corrected chi connectivity index (χ0v) is 8.42. The molecule has 78 valence electrons. The van der Waals surface area contributed by atoms with Crippen molar-refractivity contribution in [3.8, 4) is 11.3 Å². The van der Waals surface area contributed by atoms with Crippen LogP contribution in [0.2, 0.25) is 0 Å². The molecule has 0 aliphatic heterocycles. The maximum Gasteiger partial charge on any atom is 0.143 e. The summed E-state index contributed by atoms with van der Waals surface area (Å²) in [5.41, 5.74) is 8.15. The third kappa shape index (κ3) is 1.32. The maximum absolute atomic E-state index is 5.63. The molecule has 3 rings (SSSR count). The van der Waals surface area contributed by atoms with Gasteiger partial charge in [0.05, 0.1) is 12.0 Å². The predicted octanol–water partition coefficient (Wildman–Crippen LogP) is 2.47. The van der Waals surface area contributed by atoms with E-state index < -0.39 is 0 Å². The number of furan rings is 1. The van der Waals surface area contributed by atoms with Crippen molar-refractivity contribution in [1.82, 2.24) is 9.97 Å². The van der Waals surface area contributed by atoms with Gasteiger partial charge in [-0.3, -0.25) is 0 Å². The minimum Gasteiger partial charge on any atom is -0.464 e. The monoisotopic (exact) mass is 211 g/mol. The molecular formula is C12H9N3O. The number of anilines is 1. The van der Waals surface area contributed by atoms with E-state index in [1.807, 2.05) is 24.3 Å². The summed E-state index contributed by atoms with van der Waals surface area (Å²) in [6.07, 6.45) is 3.12. The first kappa shape index (κ1) is 8.91. The zero-order valence-electron chi connectivity index (χ0n) is 8.42. The Hall–Kier alpha value is -2.36. The summed E-state index contributed by atoms with van der Waals surface area (Å²) in [6, 6.07) is 9.56. The van der Waals surface area contributed by atoms with Gasteiger partial charge in [0.2, 0.25) is 0 Å². The van der Waals surface area contributed by atoms with Crippen molar-refractivity contribution in [3.63, 3.8) is 0 Å². The van der Waals surface area contributed by atoms with Crippen molar-refractivity contribution >= 4 is 16.8 Å². The van der Waals surface area contributed by atoms with Crippen LogP contribution in [-0.2, 0) is 0 Å². The van der Waals surface area contributed by atoms with Crippen LogP contribution >= 0.6 is 0 Å². The lowest BCUT2D eigenvalue weighted by atomic mass is 10.1. The molecule has 3 aromatic rings. The molecule has 2 aromatic heterocycles. The Kier molecular flexibility index (Phi) is 1.86. The third-order valence-electron chi connectivity index (χ3n) is 2.44. The van der Waals surface area contributed by atoms with Crippen LogP contribution in [0.15, 0.2) is 47.3 Å². The Balaban J connectivity index is 2.29. The molecule has 0 saturated carbocycles. The number of nitrogens with zero attached hydrogens (tertiary/aromatic N) is 2. The Morgan fingerprint density at radius 3 is 2.94 bits per heavy atom. The molecule has 0 fully saturated rings. The van der Waals surface area contributed by atoms with Crippen LogP contribution in [0.4, 0.5) is 5.82 Å². The lowest BCUT2D eigenvalue weighted by molar-refractivity contribution is 0.616. The zero-order chi connectivity index (χ0) is 11.0. The molecule has 4 heteroatoms. The third-order valence-corrected chi connectivity index (χ3v) is 2.44. The number of aromatic nitrogens is 2. The quantitative estimate of drug-likeness (QED) is 0.671.